The van der Waals surface area contributed by atoms with Crippen LogP contribution in [0.15, 0.2) is 91.1 Å². The summed E-state index contributed by atoms with van der Waals surface area (Å²) < 4.78 is 19.2. The van der Waals surface area contributed by atoms with Crippen molar-refractivity contribution < 1.29 is 23.9 Å². The molecule has 0 saturated carbocycles. The van der Waals surface area contributed by atoms with Gasteiger partial charge in [-0.1, -0.05) is 60.7 Å². The van der Waals surface area contributed by atoms with Crippen molar-refractivity contribution in [3.05, 3.63) is 96.7 Å². The second-order valence-corrected chi connectivity index (χ2v) is 9.63. The first kappa shape index (κ1) is 24.7. The van der Waals surface area contributed by atoms with E-state index in [0.717, 1.165) is 54.7 Å². The second-order valence-electron chi connectivity index (χ2n) is 9.63. The molecule has 1 aromatic heterocycles. The van der Waals surface area contributed by atoms with E-state index in [1.165, 1.54) is 5.56 Å². The van der Waals surface area contributed by atoms with E-state index < -0.39 is 0 Å². The molecule has 5 aromatic carbocycles. The van der Waals surface area contributed by atoms with Crippen LogP contribution in [0, 0.1) is 0 Å². The first-order chi connectivity index (χ1) is 19.1. The number of aromatic nitrogens is 1. The number of aliphatic hydroxyl groups excluding tert-OH is 1. The Morgan fingerprint density at radius 1 is 0.641 bits per heavy atom. The average Bonchev–Trinajstić information content (AvgIpc) is 2.99. The Morgan fingerprint density at radius 3 is 1.97 bits per heavy atom. The lowest BCUT2D eigenvalue weighted by Crippen LogP contribution is -2.28. The average molecular weight is 517 g/mol. The lowest BCUT2D eigenvalue weighted by atomic mass is 9.92. The van der Waals surface area contributed by atoms with Crippen LogP contribution in [0.25, 0.3) is 54.7 Å². The summed E-state index contributed by atoms with van der Waals surface area (Å²) in [5, 5.41) is 15.7. The summed E-state index contributed by atoms with van der Waals surface area (Å²) in [4.78, 5) is 0. The molecule has 1 heterocycles. The minimum atomic E-state index is -0.134. The maximum Gasteiger partial charge on any atom is 0.220 e. The summed E-state index contributed by atoms with van der Waals surface area (Å²) >= 11 is 0. The SMILES string of the molecule is COc1cc2ccc3c4cc(-c5ccc(-c6ccccc6)cc5)c(CO)c(OC)c4c[n+](C)c3c2cc1OC. The zero-order valence-corrected chi connectivity index (χ0v) is 22.5. The number of aliphatic hydroxyl groups is 1. The van der Waals surface area contributed by atoms with E-state index in [2.05, 4.69) is 65.4 Å². The van der Waals surface area contributed by atoms with Crippen LogP contribution in [0.1, 0.15) is 5.56 Å². The molecular formula is C34H30NO4+. The molecule has 0 spiro atoms. The highest BCUT2D eigenvalue weighted by molar-refractivity contribution is 6.16. The van der Waals surface area contributed by atoms with Crippen molar-refractivity contribution in [2.75, 3.05) is 21.3 Å². The van der Waals surface area contributed by atoms with Gasteiger partial charge in [0.05, 0.1) is 44.1 Å². The van der Waals surface area contributed by atoms with Gasteiger partial charge in [-0.05, 0) is 51.9 Å². The van der Waals surface area contributed by atoms with Crippen LogP contribution in [0.4, 0.5) is 0 Å². The van der Waals surface area contributed by atoms with E-state index in [4.69, 9.17) is 14.2 Å². The maximum absolute atomic E-state index is 10.5. The van der Waals surface area contributed by atoms with Gasteiger partial charge in [-0.15, -0.1) is 0 Å². The number of hydrogen-bond acceptors (Lipinski definition) is 4. The molecule has 0 atom stereocenters. The molecule has 0 unspecified atom stereocenters. The molecule has 194 valence electrons. The molecule has 1 N–H and O–H groups in total. The Bertz CT molecular complexity index is 1840. The Balaban J connectivity index is 1.64. The van der Waals surface area contributed by atoms with Gasteiger partial charge in [-0.25, -0.2) is 0 Å². The molecule has 6 aromatic rings. The minimum absolute atomic E-state index is 0.134. The molecule has 0 aliphatic carbocycles. The number of nitrogens with zero attached hydrogens (tertiary/aromatic N) is 1. The second kappa shape index (κ2) is 9.93. The molecule has 0 fully saturated rings. The number of fused-ring (bicyclic) bond motifs is 5. The molecule has 5 heteroatoms. The van der Waals surface area contributed by atoms with Crippen LogP contribution in [-0.4, -0.2) is 26.4 Å². The summed E-state index contributed by atoms with van der Waals surface area (Å²) in [5.74, 6) is 2.07. The smallest absolute Gasteiger partial charge is 0.220 e. The first-order valence-corrected chi connectivity index (χ1v) is 12.8. The summed E-state index contributed by atoms with van der Waals surface area (Å²) in [6.07, 6.45) is 2.08. The van der Waals surface area contributed by atoms with Gasteiger partial charge < -0.3 is 19.3 Å². The van der Waals surface area contributed by atoms with Crippen molar-refractivity contribution in [1.82, 2.24) is 0 Å². The van der Waals surface area contributed by atoms with Gasteiger partial charge in [0.1, 0.15) is 12.8 Å². The van der Waals surface area contributed by atoms with Gasteiger partial charge in [0, 0.05) is 10.9 Å². The van der Waals surface area contributed by atoms with E-state index in [1.807, 2.05) is 37.4 Å². The van der Waals surface area contributed by atoms with E-state index in [1.54, 1.807) is 21.3 Å². The van der Waals surface area contributed by atoms with E-state index >= 15 is 0 Å². The Labute approximate surface area is 227 Å². The van der Waals surface area contributed by atoms with Crippen LogP contribution in [0.5, 0.6) is 17.2 Å². The predicted molar refractivity (Wildman–Crippen MR) is 157 cm³/mol. The zero-order chi connectivity index (χ0) is 27.1. The lowest BCUT2D eigenvalue weighted by Gasteiger charge is -2.17. The number of ether oxygens (including phenoxy) is 3. The zero-order valence-electron chi connectivity index (χ0n) is 22.5. The standard InChI is InChI=1S/C34H30NO4/c1-35-19-29-28(25-15-14-24-16-31(37-2)32(38-3)18-27(24)33(25)35)17-26(30(20-36)34(29)39-4)23-12-10-22(11-13-23)21-8-6-5-7-9-21/h5-19,36H,20H2,1-4H3/q+1. The van der Waals surface area contributed by atoms with Crippen molar-refractivity contribution in [1.29, 1.82) is 0 Å². The third-order valence-electron chi connectivity index (χ3n) is 7.55. The van der Waals surface area contributed by atoms with Gasteiger partial charge >= 0.3 is 0 Å². The molecule has 0 radical (unpaired) electrons. The Morgan fingerprint density at radius 2 is 1.31 bits per heavy atom. The van der Waals surface area contributed by atoms with Crippen molar-refractivity contribution >= 4 is 32.4 Å². The van der Waals surface area contributed by atoms with Crippen molar-refractivity contribution in [3.63, 3.8) is 0 Å². The van der Waals surface area contributed by atoms with Gasteiger partial charge in [-0.3, -0.25) is 0 Å². The largest absolute Gasteiger partial charge is 0.495 e. The number of hydrogen-bond donors (Lipinski definition) is 1. The highest BCUT2D eigenvalue weighted by atomic mass is 16.5. The third kappa shape index (κ3) is 4.03. The van der Waals surface area contributed by atoms with Gasteiger partial charge in [0.25, 0.3) is 0 Å². The van der Waals surface area contributed by atoms with E-state index in [-0.39, 0.29) is 6.61 Å². The van der Waals surface area contributed by atoms with Crippen molar-refractivity contribution in [2.45, 2.75) is 6.61 Å². The normalized spacial score (nSPS) is 11.3. The highest BCUT2D eigenvalue weighted by Crippen LogP contribution is 2.42. The predicted octanol–water partition coefficient (Wildman–Crippen LogP) is 6.82. The van der Waals surface area contributed by atoms with Crippen molar-refractivity contribution in [2.24, 2.45) is 7.05 Å². The fourth-order valence-electron chi connectivity index (χ4n) is 5.68. The summed E-state index contributed by atoms with van der Waals surface area (Å²) in [6.45, 7) is -0.134. The third-order valence-corrected chi connectivity index (χ3v) is 7.55. The molecule has 5 nitrogen and oxygen atoms in total. The van der Waals surface area contributed by atoms with Gasteiger partial charge in [-0.2, -0.15) is 4.57 Å². The van der Waals surface area contributed by atoms with Crippen LogP contribution < -0.4 is 18.8 Å². The van der Waals surface area contributed by atoms with Crippen LogP contribution in [-0.2, 0) is 13.7 Å². The molecule has 39 heavy (non-hydrogen) atoms. The molecular weight excluding hydrogens is 486 g/mol. The number of aryl methyl sites for hydroxylation is 1. The highest BCUT2D eigenvalue weighted by Gasteiger charge is 2.23. The molecule has 0 aliphatic heterocycles. The van der Waals surface area contributed by atoms with Crippen LogP contribution in [0.2, 0.25) is 0 Å². The molecule has 6 rings (SSSR count). The fraction of sp³-hybridized carbons (Fsp3) is 0.147. The lowest BCUT2D eigenvalue weighted by molar-refractivity contribution is -0.642. The van der Waals surface area contributed by atoms with E-state index in [0.29, 0.717) is 17.2 Å². The summed E-state index contributed by atoms with van der Waals surface area (Å²) in [6, 6.07) is 29.3. The van der Waals surface area contributed by atoms with E-state index in [9.17, 15) is 5.11 Å². The van der Waals surface area contributed by atoms with Gasteiger partial charge in [0.2, 0.25) is 5.52 Å². The number of benzene rings is 5. The fourth-order valence-corrected chi connectivity index (χ4v) is 5.68. The van der Waals surface area contributed by atoms with Crippen molar-refractivity contribution in [3.8, 4) is 39.5 Å². The van der Waals surface area contributed by atoms with Crippen LogP contribution >= 0.6 is 0 Å². The maximum atomic E-state index is 10.5. The molecule has 0 saturated heterocycles. The summed E-state index contributed by atoms with van der Waals surface area (Å²) in [5.41, 5.74) is 6.12. The number of methoxy groups -OCH3 is 3. The topological polar surface area (TPSA) is 51.8 Å². The quantitative estimate of drug-likeness (QED) is 0.195. The Kier molecular flexibility index (Phi) is 6.29. The minimum Gasteiger partial charge on any atom is -0.495 e. The van der Waals surface area contributed by atoms with Gasteiger partial charge in [0.15, 0.2) is 17.7 Å². The molecule has 0 bridgehead atoms. The molecule has 0 aliphatic rings. The molecule has 0 amide bonds. The number of pyridine rings is 1. The monoisotopic (exact) mass is 516 g/mol. The first-order valence-electron chi connectivity index (χ1n) is 12.8. The summed E-state index contributed by atoms with van der Waals surface area (Å²) in [7, 11) is 7.00. The Hall–Kier alpha value is -4.61. The van der Waals surface area contributed by atoms with Crippen LogP contribution in [0.3, 0.4) is 0 Å². The number of rotatable bonds is 6.